The second-order valence-corrected chi connectivity index (χ2v) is 7.48. The van der Waals surface area contributed by atoms with Gasteiger partial charge in [0.15, 0.2) is 9.79 Å². The Kier molecular flexibility index (Phi) is 3.70. The van der Waals surface area contributed by atoms with Gasteiger partial charge in [-0.2, -0.15) is 0 Å². The van der Waals surface area contributed by atoms with E-state index in [2.05, 4.69) is 82.7 Å². The predicted molar refractivity (Wildman–Crippen MR) is 75.5 cm³/mol. The summed E-state index contributed by atoms with van der Waals surface area (Å²) in [4.78, 5) is 2.80. The molecule has 0 saturated carbocycles. The summed E-state index contributed by atoms with van der Waals surface area (Å²) in [7, 11) is 0.163. The van der Waals surface area contributed by atoms with Crippen LogP contribution in [0.25, 0.3) is 0 Å². The van der Waals surface area contributed by atoms with Gasteiger partial charge in [0, 0.05) is 0 Å². The minimum absolute atomic E-state index is 0.163. The summed E-state index contributed by atoms with van der Waals surface area (Å²) in [5.74, 6) is 0. The van der Waals surface area contributed by atoms with E-state index in [1.54, 1.807) is 0 Å². The van der Waals surface area contributed by atoms with E-state index in [4.69, 9.17) is 0 Å². The van der Waals surface area contributed by atoms with Crippen LogP contribution in [0, 0.1) is 6.92 Å². The second kappa shape index (κ2) is 5.03. The molecule has 0 heterocycles. The van der Waals surface area contributed by atoms with Crippen LogP contribution in [0.5, 0.6) is 0 Å². The monoisotopic (exact) mass is 327 g/mol. The standard InChI is InChI=1S/C13H12IS/c1-11-6-5-9-13(10-11)15(14)12-7-3-2-4-8-12/h2-10H,1H3/q+1. The van der Waals surface area contributed by atoms with Crippen LogP contribution in [0.3, 0.4) is 0 Å². The molecule has 1 atom stereocenters. The van der Waals surface area contributed by atoms with Crippen molar-refractivity contribution in [1.29, 1.82) is 0 Å². The molecule has 0 amide bonds. The Hall–Kier alpha value is -0.480. The molecule has 0 nitrogen and oxygen atoms in total. The van der Waals surface area contributed by atoms with Crippen molar-refractivity contribution >= 4 is 29.3 Å². The van der Waals surface area contributed by atoms with Crippen LogP contribution in [0.1, 0.15) is 5.56 Å². The number of benzene rings is 2. The van der Waals surface area contributed by atoms with Gasteiger partial charge in [-0.3, -0.25) is 0 Å². The fourth-order valence-electron chi connectivity index (χ4n) is 1.40. The maximum absolute atomic E-state index is 2.52. The number of aryl methyl sites for hydroxylation is 1. The normalized spacial score (nSPS) is 12.4. The summed E-state index contributed by atoms with van der Waals surface area (Å²) in [5, 5.41) is 0. The van der Waals surface area contributed by atoms with E-state index in [1.165, 1.54) is 15.4 Å². The first-order chi connectivity index (χ1) is 7.27. The molecule has 0 spiro atoms. The summed E-state index contributed by atoms with van der Waals surface area (Å²) >= 11 is 2.52. The zero-order valence-electron chi connectivity index (χ0n) is 8.48. The smallest absolute Gasteiger partial charge is 0.0619 e. The van der Waals surface area contributed by atoms with E-state index in [0.717, 1.165) is 0 Å². The lowest BCUT2D eigenvalue weighted by molar-refractivity contribution is 1.34. The molecule has 2 heteroatoms. The van der Waals surface area contributed by atoms with Crippen molar-refractivity contribution in [3.63, 3.8) is 0 Å². The third-order valence-electron chi connectivity index (χ3n) is 2.15. The first-order valence-electron chi connectivity index (χ1n) is 4.79. The molecular formula is C13H12IS+. The lowest BCUT2D eigenvalue weighted by Gasteiger charge is -1.99. The molecule has 0 aliphatic heterocycles. The quantitative estimate of drug-likeness (QED) is 0.567. The van der Waals surface area contributed by atoms with Crippen molar-refractivity contribution in [2.24, 2.45) is 0 Å². The van der Waals surface area contributed by atoms with Crippen molar-refractivity contribution in [2.45, 2.75) is 16.7 Å². The van der Waals surface area contributed by atoms with Crippen molar-refractivity contribution in [2.75, 3.05) is 0 Å². The number of halogens is 1. The third-order valence-corrected chi connectivity index (χ3v) is 6.55. The first kappa shape index (κ1) is 11.0. The molecule has 2 rings (SSSR count). The molecule has 1 unspecified atom stereocenters. The van der Waals surface area contributed by atoms with Gasteiger partial charge in [-0.1, -0.05) is 30.3 Å². The van der Waals surface area contributed by atoms with Gasteiger partial charge in [0.25, 0.3) is 21.2 Å². The molecule has 0 aliphatic rings. The van der Waals surface area contributed by atoms with Crippen molar-refractivity contribution in [3.05, 3.63) is 60.2 Å². The summed E-state index contributed by atoms with van der Waals surface area (Å²) < 4.78 is 0. The zero-order chi connectivity index (χ0) is 10.7. The highest BCUT2D eigenvalue weighted by Crippen LogP contribution is 2.29. The summed E-state index contributed by atoms with van der Waals surface area (Å²) in [5.41, 5.74) is 1.33. The van der Waals surface area contributed by atoms with E-state index >= 15 is 0 Å². The topological polar surface area (TPSA) is 0 Å². The van der Waals surface area contributed by atoms with Crippen LogP contribution in [0.15, 0.2) is 64.4 Å². The van der Waals surface area contributed by atoms with Gasteiger partial charge in [-0.05, 0) is 36.8 Å². The average Bonchev–Trinajstić information content (AvgIpc) is 2.29. The molecular weight excluding hydrogens is 315 g/mol. The van der Waals surface area contributed by atoms with Crippen molar-refractivity contribution in [3.8, 4) is 0 Å². The Morgan fingerprint density at radius 1 is 0.867 bits per heavy atom. The summed E-state index contributed by atoms with van der Waals surface area (Å²) in [6, 6.07) is 19.4. The van der Waals surface area contributed by atoms with Crippen molar-refractivity contribution in [1.82, 2.24) is 0 Å². The van der Waals surface area contributed by atoms with Crippen LogP contribution >= 0.6 is 21.2 Å². The highest BCUT2D eigenvalue weighted by Gasteiger charge is 2.21. The van der Waals surface area contributed by atoms with E-state index in [9.17, 15) is 0 Å². The Morgan fingerprint density at radius 2 is 1.53 bits per heavy atom. The van der Waals surface area contributed by atoms with Gasteiger partial charge in [-0.25, -0.2) is 0 Å². The van der Waals surface area contributed by atoms with Gasteiger partial charge in [0.05, 0.1) is 0 Å². The van der Waals surface area contributed by atoms with Crippen molar-refractivity contribution < 1.29 is 0 Å². The van der Waals surface area contributed by atoms with E-state index in [1.807, 2.05) is 0 Å². The molecule has 0 aromatic heterocycles. The lowest BCUT2D eigenvalue weighted by atomic mass is 10.2. The van der Waals surface area contributed by atoms with E-state index in [0.29, 0.717) is 0 Å². The highest BCUT2D eigenvalue weighted by molar-refractivity contribution is 14.2. The summed E-state index contributed by atoms with van der Waals surface area (Å²) in [6.07, 6.45) is 0. The molecule has 0 bridgehead atoms. The minimum Gasteiger partial charge on any atom is -0.0619 e. The molecule has 0 N–H and O–H groups in total. The Balaban J connectivity index is 2.32. The number of rotatable bonds is 2. The van der Waals surface area contributed by atoms with Gasteiger partial charge in [0.2, 0.25) is 0 Å². The van der Waals surface area contributed by atoms with Crippen LogP contribution < -0.4 is 0 Å². The van der Waals surface area contributed by atoms with Gasteiger partial charge >= 0.3 is 0 Å². The molecule has 2 aromatic rings. The van der Waals surface area contributed by atoms with Crippen LogP contribution in [0.2, 0.25) is 0 Å². The van der Waals surface area contributed by atoms with Gasteiger partial charge in [-0.15, -0.1) is 0 Å². The SMILES string of the molecule is Cc1cccc([S+](I)c2ccccc2)c1. The van der Waals surface area contributed by atoms with Gasteiger partial charge in [0.1, 0.15) is 8.07 Å². The van der Waals surface area contributed by atoms with E-state index in [-0.39, 0.29) is 8.07 Å². The third kappa shape index (κ3) is 2.75. The second-order valence-electron chi connectivity index (χ2n) is 3.39. The fraction of sp³-hybridized carbons (Fsp3) is 0.0769. The largest absolute Gasteiger partial charge is 0.264 e. The van der Waals surface area contributed by atoms with Crippen LogP contribution in [-0.4, -0.2) is 0 Å². The predicted octanol–water partition coefficient (Wildman–Crippen LogP) is 4.38. The summed E-state index contributed by atoms with van der Waals surface area (Å²) in [6.45, 7) is 2.14. The molecule has 0 saturated heterocycles. The van der Waals surface area contributed by atoms with Crippen LogP contribution in [0.4, 0.5) is 0 Å². The van der Waals surface area contributed by atoms with E-state index < -0.39 is 0 Å². The Bertz CT molecular complexity index is 439. The molecule has 0 fully saturated rings. The molecule has 2 aromatic carbocycles. The maximum Gasteiger partial charge on any atom is 0.264 e. The highest BCUT2D eigenvalue weighted by atomic mass is 127. The van der Waals surface area contributed by atoms with Gasteiger partial charge < -0.3 is 0 Å². The Morgan fingerprint density at radius 3 is 2.20 bits per heavy atom. The average molecular weight is 327 g/mol. The fourth-order valence-corrected chi connectivity index (χ4v) is 4.26. The first-order valence-corrected chi connectivity index (χ1v) is 8.56. The molecule has 76 valence electrons. The Labute approximate surface area is 106 Å². The number of hydrogen-bond donors (Lipinski definition) is 0. The number of hydrogen-bond acceptors (Lipinski definition) is 0. The zero-order valence-corrected chi connectivity index (χ0v) is 11.5. The molecule has 0 radical (unpaired) electrons. The minimum atomic E-state index is 0.163. The lowest BCUT2D eigenvalue weighted by Crippen LogP contribution is -1.93. The molecule has 15 heavy (non-hydrogen) atoms. The van der Waals surface area contributed by atoms with Crippen LogP contribution in [-0.2, 0) is 8.07 Å². The molecule has 0 aliphatic carbocycles. The maximum atomic E-state index is 2.52.